The lowest BCUT2D eigenvalue weighted by Gasteiger charge is -2.26. The lowest BCUT2D eigenvalue weighted by atomic mass is 10.0. The van der Waals surface area contributed by atoms with Gasteiger partial charge < -0.3 is 56.1 Å². The minimum absolute atomic E-state index is 0.000326. The Labute approximate surface area is 464 Å². The van der Waals surface area contributed by atoms with Gasteiger partial charge >= 0.3 is 5.97 Å². The Balaban J connectivity index is 1.76. The van der Waals surface area contributed by atoms with Crippen LogP contribution in [0.5, 0.6) is 0 Å². The van der Waals surface area contributed by atoms with Crippen molar-refractivity contribution in [3.8, 4) is 0 Å². The molecule has 2 saturated heterocycles. The molecule has 6 amide bonds. The molecule has 77 heavy (non-hydrogen) atoms. The summed E-state index contributed by atoms with van der Waals surface area (Å²) in [5.41, 5.74) is 5.70. The fourth-order valence-corrected chi connectivity index (χ4v) is 10.2. The van der Waals surface area contributed by atoms with Crippen molar-refractivity contribution >= 4 is 41.4 Å². The number of amides is 6. The summed E-state index contributed by atoms with van der Waals surface area (Å²) in [6, 6.07) is -2.73. The van der Waals surface area contributed by atoms with Gasteiger partial charge in [0.25, 0.3) is 0 Å². The number of hydrogen-bond donors (Lipinski definition) is 6. The molecule has 0 radical (unpaired) electrons. The maximum absolute atomic E-state index is 13.9. The van der Waals surface area contributed by atoms with E-state index in [1.807, 2.05) is 0 Å². The third-order valence-electron chi connectivity index (χ3n) is 14.9. The maximum Gasteiger partial charge on any atom is 0.303 e. The largest absolute Gasteiger partial charge is 0.481 e. The Bertz CT molecular complexity index is 1590. The van der Waals surface area contributed by atoms with E-state index in [4.69, 9.17) is 25.1 Å². The fourth-order valence-electron chi connectivity index (χ4n) is 10.2. The molecule has 2 heterocycles. The highest BCUT2D eigenvalue weighted by atomic mass is 16.5. The Morgan fingerprint density at radius 1 is 0.468 bits per heavy atom. The third-order valence-corrected chi connectivity index (χ3v) is 14.9. The molecule has 0 aromatic rings. The van der Waals surface area contributed by atoms with Gasteiger partial charge in [0, 0.05) is 65.2 Å². The van der Waals surface area contributed by atoms with Gasteiger partial charge in [-0.05, 0) is 77.0 Å². The van der Waals surface area contributed by atoms with E-state index in [0.717, 1.165) is 51.4 Å². The van der Waals surface area contributed by atoms with Gasteiger partial charge in [-0.3, -0.25) is 33.6 Å². The molecule has 2 aliphatic heterocycles. The van der Waals surface area contributed by atoms with Gasteiger partial charge in [0.05, 0.1) is 32.5 Å². The van der Waals surface area contributed by atoms with E-state index in [9.17, 15) is 33.6 Å². The first-order valence-corrected chi connectivity index (χ1v) is 30.9. The number of carbonyl (C=O) groups is 7. The zero-order chi connectivity index (χ0) is 56.0. The number of likely N-dealkylation sites (tertiary alicyclic amines) is 2. The number of aliphatic carboxylic acids is 1. The second kappa shape index (κ2) is 47.0. The van der Waals surface area contributed by atoms with Gasteiger partial charge in [-0.1, -0.05) is 142 Å². The third kappa shape index (κ3) is 34.7. The lowest BCUT2D eigenvalue weighted by molar-refractivity contribution is -0.139. The molecule has 2 fully saturated rings. The molecular weight excluding hydrogens is 983 g/mol. The standard InChI is InChI=1S/C59H109N7O11/c1-3-5-7-9-11-13-15-17-19-21-23-34-53(67)65-41-27-32-51(65)58(73)63-38-26-25-31-50(64-59(74)52-33-28-42-66(52)54(68)35-24-22-20-18-16-14-12-10-8-6-4-2)57(72)62-40-30-44-76-46-48-77-47-45-75-43-29-39-61-56(71)49(60)36-37-55(69)70/h49-52H,3-48,60H2,1-2H3,(H,61,71)(H,62,72)(H,63,73)(H,64,74)(H,69,70). The molecule has 0 bridgehead atoms. The molecule has 4 atom stereocenters. The van der Waals surface area contributed by atoms with Gasteiger partial charge in [-0.2, -0.15) is 0 Å². The van der Waals surface area contributed by atoms with Gasteiger partial charge in [0.1, 0.15) is 18.1 Å². The summed E-state index contributed by atoms with van der Waals surface area (Å²) in [6.07, 6.45) is 32.9. The van der Waals surface area contributed by atoms with Crippen LogP contribution in [0.3, 0.4) is 0 Å². The number of nitrogens with one attached hydrogen (secondary N) is 4. The van der Waals surface area contributed by atoms with Crippen LogP contribution in [0, 0.1) is 0 Å². The quantitative estimate of drug-likeness (QED) is 0.0315. The van der Waals surface area contributed by atoms with Crippen LogP contribution >= 0.6 is 0 Å². The number of carboxylic acid groups (broad SMARTS) is 1. The van der Waals surface area contributed by atoms with E-state index in [0.29, 0.717) is 130 Å². The van der Waals surface area contributed by atoms with Crippen molar-refractivity contribution in [1.82, 2.24) is 31.1 Å². The molecule has 0 aromatic carbocycles. The summed E-state index contributed by atoms with van der Waals surface area (Å²) in [4.78, 5) is 93.5. The van der Waals surface area contributed by atoms with Gasteiger partial charge in [-0.15, -0.1) is 0 Å². The van der Waals surface area contributed by atoms with Crippen LogP contribution in [0.2, 0.25) is 0 Å². The van der Waals surface area contributed by atoms with Gasteiger partial charge in [-0.25, -0.2) is 0 Å². The summed E-state index contributed by atoms with van der Waals surface area (Å²) >= 11 is 0. The van der Waals surface area contributed by atoms with E-state index in [1.54, 1.807) is 9.80 Å². The van der Waals surface area contributed by atoms with Gasteiger partial charge in [0.15, 0.2) is 0 Å². The molecule has 0 saturated carbocycles. The predicted molar refractivity (Wildman–Crippen MR) is 303 cm³/mol. The monoisotopic (exact) mass is 1090 g/mol. The first-order chi connectivity index (χ1) is 37.5. The summed E-state index contributed by atoms with van der Waals surface area (Å²) in [6.45, 7) is 9.02. The lowest BCUT2D eigenvalue weighted by Crippen LogP contribution is -2.53. The fraction of sp³-hybridized carbons (Fsp3) is 0.881. The van der Waals surface area contributed by atoms with E-state index in [-0.39, 0.29) is 48.3 Å². The summed E-state index contributed by atoms with van der Waals surface area (Å²) < 4.78 is 16.8. The molecule has 0 aromatic heterocycles. The van der Waals surface area contributed by atoms with Crippen molar-refractivity contribution in [1.29, 1.82) is 0 Å². The highest BCUT2D eigenvalue weighted by molar-refractivity contribution is 5.92. The molecular formula is C59H109N7O11. The smallest absolute Gasteiger partial charge is 0.303 e. The Morgan fingerprint density at radius 2 is 0.870 bits per heavy atom. The Morgan fingerprint density at radius 3 is 1.32 bits per heavy atom. The van der Waals surface area contributed by atoms with Crippen LogP contribution < -0.4 is 27.0 Å². The van der Waals surface area contributed by atoms with Crippen molar-refractivity contribution in [2.24, 2.45) is 5.73 Å². The van der Waals surface area contributed by atoms with Crippen LogP contribution in [-0.2, 0) is 47.8 Å². The van der Waals surface area contributed by atoms with Crippen molar-refractivity contribution in [3.63, 3.8) is 0 Å². The zero-order valence-electron chi connectivity index (χ0n) is 48.3. The molecule has 18 heteroatoms. The van der Waals surface area contributed by atoms with Crippen LogP contribution in [0.25, 0.3) is 0 Å². The average Bonchev–Trinajstić information content (AvgIpc) is 4.14. The zero-order valence-corrected chi connectivity index (χ0v) is 48.3. The number of ether oxygens (including phenoxy) is 3. The van der Waals surface area contributed by atoms with Crippen molar-refractivity contribution < 1.29 is 52.9 Å². The van der Waals surface area contributed by atoms with Crippen molar-refractivity contribution in [3.05, 3.63) is 0 Å². The second-order valence-corrected chi connectivity index (χ2v) is 21.6. The molecule has 0 aliphatic carbocycles. The van der Waals surface area contributed by atoms with E-state index < -0.39 is 30.1 Å². The van der Waals surface area contributed by atoms with Crippen LogP contribution in [-0.4, -0.2) is 153 Å². The number of nitrogens with two attached hydrogens (primary N) is 1. The number of hydrogen-bond acceptors (Lipinski definition) is 11. The SMILES string of the molecule is CCCCCCCCCCCCCC(=O)N1CCCC1C(=O)NCCCCC(NC(=O)C1CCCN1C(=O)CCCCCCCCCCCCC)C(=O)NCCCOCCOCCOCCCNC(=O)C(N)CCC(=O)O. The van der Waals surface area contributed by atoms with Crippen molar-refractivity contribution in [2.75, 3.05) is 72.4 Å². The minimum atomic E-state index is -0.993. The van der Waals surface area contributed by atoms with E-state index >= 15 is 0 Å². The molecule has 446 valence electrons. The molecule has 0 spiro atoms. The number of nitrogens with zero attached hydrogens (tertiary/aromatic N) is 2. The molecule has 4 unspecified atom stereocenters. The summed E-state index contributed by atoms with van der Waals surface area (Å²) in [5, 5.41) is 20.4. The first kappa shape index (κ1) is 69.2. The number of carbonyl (C=O) groups excluding carboxylic acids is 6. The van der Waals surface area contributed by atoms with Gasteiger partial charge in [0.2, 0.25) is 35.4 Å². The number of carboxylic acids is 1. The first-order valence-electron chi connectivity index (χ1n) is 30.9. The minimum Gasteiger partial charge on any atom is -0.481 e. The number of rotatable bonds is 51. The normalized spacial score (nSPS) is 16.1. The summed E-state index contributed by atoms with van der Waals surface area (Å²) in [5.74, 6) is -2.06. The van der Waals surface area contributed by atoms with E-state index in [2.05, 4.69) is 35.1 Å². The average molecular weight is 1090 g/mol. The van der Waals surface area contributed by atoms with Crippen LogP contribution in [0.1, 0.15) is 239 Å². The Kier molecular flexibility index (Phi) is 42.2. The topological polar surface area (TPSA) is 248 Å². The molecule has 2 rings (SSSR count). The number of unbranched alkanes of at least 4 members (excludes halogenated alkanes) is 21. The molecule has 18 nitrogen and oxygen atoms in total. The second-order valence-electron chi connectivity index (χ2n) is 21.6. The van der Waals surface area contributed by atoms with E-state index in [1.165, 1.54) is 103 Å². The Hall–Kier alpha value is -3.87. The molecule has 7 N–H and O–H groups in total. The van der Waals surface area contributed by atoms with Crippen LogP contribution in [0.4, 0.5) is 0 Å². The van der Waals surface area contributed by atoms with Crippen molar-refractivity contribution in [2.45, 2.75) is 263 Å². The highest BCUT2D eigenvalue weighted by Gasteiger charge is 2.36. The molecule has 2 aliphatic rings. The highest BCUT2D eigenvalue weighted by Crippen LogP contribution is 2.22. The maximum atomic E-state index is 13.9. The predicted octanol–water partition coefficient (Wildman–Crippen LogP) is 8.40. The summed E-state index contributed by atoms with van der Waals surface area (Å²) in [7, 11) is 0. The van der Waals surface area contributed by atoms with Crippen LogP contribution in [0.15, 0.2) is 0 Å².